The number of nitrogens with one attached hydrogen (secondary N) is 3. The van der Waals surface area contributed by atoms with Crippen molar-refractivity contribution in [1.29, 1.82) is 0 Å². The molecule has 1 aromatic rings. The van der Waals surface area contributed by atoms with Crippen molar-refractivity contribution < 1.29 is 24.0 Å². The maximum Gasteiger partial charge on any atom is 0.289 e. The van der Waals surface area contributed by atoms with Gasteiger partial charge in [0.05, 0.1) is 6.04 Å². The summed E-state index contributed by atoms with van der Waals surface area (Å²) in [6.45, 7) is 13.1. The number of amides is 4. The molecule has 1 aromatic carbocycles. The lowest BCUT2D eigenvalue weighted by Gasteiger charge is -2.56. The third-order valence-corrected chi connectivity index (χ3v) is 8.36. The molecule has 4 amide bonds. The Kier molecular flexibility index (Phi) is 7.91. The molecule has 3 aliphatic rings. The minimum absolute atomic E-state index is 0.0299. The Labute approximate surface area is 237 Å². The summed E-state index contributed by atoms with van der Waals surface area (Å²) in [5.41, 5.74) is 0.473. The topological polar surface area (TPSA) is 125 Å². The summed E-state index contributed by atoms with van der Waals surface area (Å²) in [6.07, 6.45) is 3.22. The Morgan fingerprint density at radius 2 is 1.52 bits per heavy atom. The van der Waals surface area contributed by atoms with Gasteiger partial charge in [0, 0.05) is 23.4 Å². The number of Topliss-reactive ketones (excluding diaryl/α,β-unsaturated/α-hetero) is 1. The molecule has 1 spiro atoms. The third kappa shape index (κ3) is 5.93. The third-order valence-electron chi connectivity index (χ3n) is 8.36. The summed E-state index contributed by atoms with van der Waals surface area (Å²) in [4.78, 5) is 67.9. The van der Waals surface area contributed by atoms with Crippen molar-refractivity contribution in [2.45, 2.75) is 105 Å². The Hall–Kier alpha value is -3.23. The van der Waals surface area contributed by atoms with Crippen molar-refractivity contribution in [1.82, 2.24) is 20.9 Å². The van der Waals surface area contributed by atoms with Crippen molar-refractivity contribution >= 4 is 29.4 Å². The summed E-state index contributed by atoms with van der Waals surface area (Å²) < 4.78 is 0. The minimum atomic E-state index is -0.983. The highest BCUT2D eigenvalue weighted by Crippen LogP contribution is 2.49. The quantitative estimate of drug-likeness (QED) is 0.427. The zero-order valence-electron chi connectivity index (χ0n) is 24.8. The fourth-order valence-electron chi connectivity index (χ4n) is 5.80. The summed E-state index contributed by atoms with van der Waals surface area (Å²) in [7, 11) is 0. The first-order valence-corrected chi connectivity index (χ1v) is 14.4. The van der Waals surface area contributed by atoms with Gasteiger partial charge < -0.3 is 20.9 Å². The summed E-state index contributed by atoms with van der Waals surface area (Å²) in [5, 5.41) is 8.46. The van der Waals surface area contributed by atoms with Gasteiger partial charge in [-0.25, -0.2) is 0 Å². The predicted molar refractivity (Wildman–Crippen MR) is 151 cm³/mol. The van der Waals surface area contributed by atoms with E-state index in [-0.39, 0.29) is 24.3 Å². The van der Waals surface area contributed by atoms with E-state index in [2.05, 4.69) is 16.0 Å². The van der Waals surface area contributed by atoms with Crippen LogP contribution in [0.1, 0.15) is 78.9 Å². The van der Waals surface area contributed by atoms with Gasteiger partial charge in [0.1, 0.15) is 12.1 Å². The number of carbonyl (C=O) groups excluding carboxylic acids is 5. The zero-order chi connectivity index (χ0) is 29.6. The average molecular weight is 553 g/mol. The van der Waals surface area contributed by atoms with Crippen LogP contribution in [0.25, 0.3) is 0 Å². The standard InChI is InChI=1S/C31H44N4O5/c1-8-21(22(36)25(37)32-20-13-14-20)33-26(38)24-31(15-18-11-9-10-12-19(18)16-31)17-35(24)27(39)23(29(2,3)4)34-28(40)30(5,6)7/h9-12,20-21,23-24H,8,13-17H2,1-7H3,(H,32,37)(H,33,38)(H,34,40)/t21?,23-,24?/m1/s1. The van der Waals surface area contributed by atoms with E-state index in [1.165, 1.54) is 0 Å². The molecule has 218 valence electrons. The van der Waals surface area contributed by atoms with Crippen molar-refractivity contribution in [2.75, 3.05) is 6.54 Å². The average Bonchev–Trinajstić information content (AvgIpc) is 3.57. The molecule has 4 rings (SSSR count). The maximum absolute atomic E-state index is 14.1. The van der Waals surface area contributed by atoms with Gasteiger partial charge in [-0.15, -0.1) is 0 Å². The molecule has 2 unspecified atom stereocenters. The molecule has 0 radical (unpaired) electrons. The number of ketones is 1. The Bertz CT molecular complexity index is 1180. The van der Waals surface area contributed by atoms with Gasteiger partial charge in [-0.1, -0.05) is 72.7 Å². The molecule has 3 atom stereocenters. The van der Waals surface area contributed by atoms with Crippen molar-refractivity contribution in [3.8, 4) is 0 Å². The van der Waals surface area contributed by atoms with Crippen molar-refractivity contribution in [3.63, 3.8) is 0 Å². The van der Waals surface area contributed by atoms with E-state index in [4.69, 9.17) is 0 Å². The number of nitrogens with zero attached hydrogens (tertiary/aromatic N) is 1. The van der Waals surface area contributed by atoms with E-state index in [9.17, 15) is 24.0 Å². The minimum Gasteiger partial charge on any atom is -0.347 e. The summed E-state index contributed by atoms with van der Waals surface area (Å²) >= 11 is 0. The first-order chi connectivity index (χ1) is 18.6. The second-order valence-electron chi connectivity index (χ2n) is 14.0. The Morgan fingerprint density at radius 3 is 2.00 bits per heavy atom. The molecule has 1 heterocycles. The lowest BCUT2D eigenvalue weighted by Crippen LogP contribution is -2.75. The van der Waals surface area contributed by atoms with Gasteiger partial charge in [0.15, 0.2) is 0 Å². The van der Waals surface area contributed by atoms with Crippen LogP contribution in [0.3, 0.4) is 0 Å². The fourth-order valence-corrected chi connectivity index (χ4v) is 5.80. The normalized spacial score (nSPS) is 21.1. The molecule has 2 aliphatic carbocycles. The molecule has 1 saturated heterocycles. The van der Waals surface area contributed by atoms with Gasteiger partial charge >= 0.3 is 0 Å². The van der Waals surface area contributed by atoms with Crippen LogP contribution in [0.2, 0.25) is 0 Å². The first-order valence-electron chi connectivity index (χ1n) is 14.4. The fraction of sp³-hybridized carbons (Fsp3) is 0.645. The second kappa shape index (κ2) is 10.6. The first kappa shape index (κ1) is 29.7. The zero-order valence-corrected chi connectivity index (χ0v) is 24.8. The number of hydrogen-bond donors (Lipinski definition) is 3. The largest absolute Gasteiger partial charge is 0.347 e. The number of fused-ring (bicyclic) bond motifs is 1. The van der Waals surface area contributed by atoms with E-state index in [1.54, 1.807) is 32.6 Å². The molecule has 9 heteroatoms. The lowest BCUT2D eigenvalue weighted by molar-refractivity contribution is -0.169. The van der Waals surface area contributed by atoms with E-state index in [1.807, 2.05) is 45.0 Å². The Morgan fingerprint density at radius 1 is 0.950 bits per heavy atom. The lowest BCUT2D eigenvalue weighted by atomic mass is 9.67. The number of benzene rings is 1. The summed E-state index contributed by atoms with van der Waals surface area (Å²) in [6, 6.07) is 5.40. The van der Waals surface area contributed by atoms with E-state index in [0.717, 1.165) is 24.0 Å². The van der Waals surface area contributed by atoms with Crippen LogP contribution in [-0.4, -0.2) is 65.0 Å². The molecule has 1 aliphatic heterocycles. The van der Waals surface area contributed by atoms with E-state index in [0.29, 0.717) is 19.4 Å². The summed E-state index contributed by atoms with van der Waals surface area (Å²) in [5.74, 6) is -2.37. The van der Waals surface area contributed by atoms with E-state index >= 15 is 0 Å². The van der Waals surface area contributed by atoms with Gasteiger partial charge in [0.25, 0.3) is 5.91 Å². The SMILES string of the molecule is CCC(NC(=O)C1N(C(=O)[C@@H](NC(=O)C(C)(C)C)C(C)(C)C)CC12Cc1ccccc1C2)C(=O)C(=O)NC1CC1. The van der Waals surface area contributed by atoms with Crippen molar-refractivity contribution in [2.24, 2.45) is 16.2 Å². The molecule has 2 fully saturated rings. The Balaban J connectivity index is 1.60. The molecular weight excluding hydrogens is 508 g/mol. The number of rotatable bonds is 8. The van der Waals surface area contributed by atoms with Gasteiger partial charge in [-0.3, -0.25) is 24.0 Å². The maximum atomic E-state index is 14.1. The number of hydrogen-bond acceptors (Lipinski definition) is 5. The molecule has 1 saturated carbocycles. The van der Waals surface area contributed by atoms with Crippen LogP contribution in [0.15, 0.2) is 24.3 Å². The smallest absolute Gasteiger partial charge is 0.289 e. The van der Waals surface area contributed by atoms with Gasteiger partial charge in [0.2, 0.25) is 23.5 Å². The highest BCUT2D eigenvalue weighted by molar-refractivity contribution is 6.38. The molecule has 0 aromatic heterocycles. The van der Waals surface area contributed by atoms with Crippen LogP contribution in [0.5, 0.6) is 0 Å². The van der Waals surface area contributed by atoms with Crippen LogP contribution >= 0.6 is 0 Å². The predicted octanol–water partition coefficient (Wildman–Crippen LogP) is 2.30. The van der Waals surface area contributed by atoms with Crippen LogP contribution < -0.4 is 16.0 Å². The molecule has 9 nitrogen and oxygen atoms in total. The van der Waals surface area contributed by atoms with Crippen LogP contribution in [-0.2, 0) is 36.8 Å². The molecule has 0 bridgehead atoms. The molecular formula is C31H44N4O5. The van der Waals surface area contributed by atoms with Gasteiger partial charge in [-0.2, -0.15) is 0 Å². The monoisotopic (exact) mass is 552 g/mol. The second-order valence-corrected chi connectivity index (χ2v) is 14.0. The number of likely N-dealkylation sites (tertiary alicyclic amines) is 1. The van der Waals surface area contributed by atoms with Crippen molar-refractivity contribution in [3.05, 3.63) is 35.4 Å². The van der Waals surface area contributed by atoms with Crippen LogP contribution in [0.4, 0.5) is 0 Å². The van der Waals surface area contributed by atoms with E-state index < -0.39 is 52.0 Å². The molecule has 40 heavy (non-hydrogen) atoms. The highest BCUT2D eigenvalue weighted by Gasteiger charge is 2.61. The number of carbonyl (C=O) groups is 5. The highest BCUT2D eigenvalue weighted by atomic mass is 16.2. The van der Waals surface area contributed by atoms with Crippen LogP contribution in [0, 0.1) is 16.2 Å². The van der Waals surface area contributed by atoms with Gasteiger partial charge in [-0.05, 0) is 48.6 Å². The molecule has 3 N–H and O–H groups in total.